The maximum Gasteiger partial charge on any atom is 0.154 e. The van der Waals surface area contributed by atoms with Crippen molar-refractivity contribution in [3.05, 3.63) is 0 Å². The van der Waals surface area contributed by atoms with Crippen LogP contribution in [0.4, 0.5) is 0 Å². The summed E-state index contributed by atoms with van der Waals surface area (Å²) in [7, 11) is 0. The summed E-state index contributed by atoms with van der Waals surface area (Å²) in [4.78, 5) is 0. The van der Waals surface area contributed by atoms with Gasteiger partial charge < -0.3 is 9.84 Å². The van der Waals surface area contributed by atoms with Gasteiger partial charge in [0.1, 0.15) is 0 Å². The molecule has 1 rings (SSSR count). The summed E-state index contributed by atoms with van der Waals surface area (Å²) in [5.41, 5.74) is -0.586. The molecule has 0 aromatic rings. The molecule has 0 heterocycles. The molecule has 0 aliphatic heterocycles. The molecule has 0 unspecified atom stereocenters. The molecule has 0 aromatic carbocycles. The van der Waals surface area contributed by atoms with Gasteiger partial charge in [-0.3, -0.25) is 0 Å². The normalized spacial score (nSPS) is 32.7. The van der Waals surface area contributed by atoms with E-state index in [-0.39, 0.29) is 13.2 Å². The van der Waals surface area contributed by atoms with Crippen LogP contribution in [0.2, 0.25) is 0 Å². The summed E-state index contributed by atoms with van der Waals surface area (Å²) in [6, 6.07) is 2.20. The summed E-state index contributed by atoms with van der Waals surface area (Å²) in [6.45, 7) is 4.60. The lowest BCUT2D eigenvalue weighted by molar-refractivity contribution is -0.105. The minimum Gasteiger partial charge on any atom is -0.394 e. The zero-order valence-corrected chi connectivity index (χ0v) is 8.29. The van der Waals surface area contributed by atoms with Gasteiger partial charge in [0.2, 0.25) is 0 Å². The van der Waals surface area contributed by atoms with Crippen LogP contribution in [-0.2, 0) is 4.74 Å². The molecular weight excluding hydrogens is 166 g/mol. The van der Waals surface area contributed by atoms with Crippen LogP contribution >= 0.6 is 0 Å². The van der Waals surface area contributed by atoms with E-state index in [1.165, 1.54) is 0 Å². The van der Waals surface area contributed by atoms with E-state index >= 15 is 0 Å². The number of nitrogens with zero attached hydrogens (tertiary/aromatic N) is 1. The Kier molecular flexibility index (Phi) is 3.29. The molecule has 0 amide bonds. The summed E-state index contributed by atoms with van der Waals surface area (Å²) < 4.78 is 5.33. The second-order valence-electron chi connectivity index (χ2n) is 4.09. The van der Waals surface area contributed by atoms with Crippen LogP contribution in [-0.4, -0.2) is 23.9 Å². The van der Waals surface area contributed by atoms with E-state index in [0.717, 1.165) is 12.8 Å². The van der Waals surface area contributed by atoms with Gasteiger partial charge in [0.25, 0.3) is 0 Å². The molecule has 13 heavy (non-hydrogen) atoms. The van der Waals surface area contributed by atoms with E-state index in [0.29, 0.717) is 11.8 Å². The molecule has 1 N–H and O–H groups in total. The lowest BCUT2D eigenvalue weighted by atomic mass is 9.67. The Morgan fingerprint density at radius 1 is 1.62 bits per heavy atom. The van der Waals surface area contributed by atoms with Crippen molar-refractivity contribution in [2.45, 2.75) is 32.3 Å². The van der Waals surface area contributed by atoms with Crippen LogP contribution in [0, 0.1) is 23.2 Å². The van der Waals surface area contributed by atoms with Gasteiger partial charge in [0.05, 0.1) is 19.3 Å². The highest BCUT2D eigenvalue weighted by Crippen LogP contribution is 2.44. The second kappa shape index (κ2) is 4.08. The standard InChI is InChI=1S/C10H17NO2/c1-8(2)9-5-10(6-9,7-11)13-4-3-12/h8-9,12H,3-6H2,1-2H3. The highest BCUT2D eigenvalue weighted by Gasteiger charge is 2.46. The van der Waals surface area contributed by atoms with Crippen molar-refractivity contribution in [1.82, 2.24) is 0 Å². The molecule has 0 radical (unpaired) electrons. The highest BCUT2D eigenvalue weighted by atomic mass is 16.5. The SMILES string of the molecule is CC(C)C1CC(C#N)(OCCO)C1. The predicted molar refractivity (Wildman–Crippen MR) is 48.9 cm³/mol. The number of rotatable bonds is 4. The van der Waals surface area contributed by atoms with Crippen molar-refractivity contribution in [2.75, 3.05) is 13.2 Å². The molecule has 3 heteroatoms. The molecule has 0 bridgehead atoms. The Labute approximate surface area is 79.3 Å². The minimum atomic E-state index is -0.586. The van der Waals surface area contributed by atoms with Crippen molar-refractivity contribution < 1.29 is 9.84 Å². The number of aliphatic hydroxyl groups is 1. The van der Waals surface area contributed by atoms with Crippen LogP contribution < -0.4 is 0 Å². The third kappa shape index (κ3) is 2.20. The van der Waals surface area contributed by atoms with Gasteiger partial charge in [-0.25, -0.2) is 0 Å². The average Bonchev–Trinajstić information content (AvgIpc) is 2.03. The van der Waals surface area contributed by atoms with E-state index in [9.17, 15) is 0 Å². The number of ether oxygens (including phenoxy) is 1. The Balaban J connectivity index is 2.37. The van der Waals surface area contributed by atoms with Crippen LogP contribution in [0.15, 0.2) is 0 Å². The quantitative estimate of drug-likeness (QED) is 0.715. The smallest absolute Gasteiger partial charge is 0.154 e. The summed E-state index contributed by atoms with van der Waals surface area (Å²) in [5.74, 6) is 1.23. The van der Waals surface area contributed by atoms with Gasteiger partial charge in [-0.2, -0.15) is 5.26 Å². The maximum atomic E-state index is 8.91. The lowest BCUT2D eigenvalue weighted by Gasteiger charge is -2.44. The average molecular weight is 183 g/mol. The Hall–Kier alpha value is -0.590. The maximum absolute atomic E-state index is 8.91. The molecule has 0 spiro atoms. The topological polar surface area (TPSA) is 53.2 Å². The zero-order valence-electron chi connectivity index (χ0n) is 8.29. The Morgan fingerprint density at radius 2 is 2.23 bits per heavy atom. The van der Waals surface area contributed by atoms with E-state index in [4.69, 9.17) is 15.1 Å². The second-order valence-corrected chi connectivity index (χ2v) is 4.09. The van der Waals surface area contributed by atoms with E-state index in [1.807, 2.05) is 0 Å². The molecule has 1 aliphatic rings. The Bertz CT molecular complexity index is 201. The van der Waals surface area contributed by atoms with Crippen molar-refractivity contribution >= 4 is 0 Å². The number of hydrogen-bond acceptors (Lipinski definition) is 3. The van der Waals surface area contributed by atoms with Crippen LogP contribution in [0.1, 0.15) is 26.7 Å². The summed E-state index contributed by atoms with van der Waals surface area (Å²) in [6.07, 6.45) is 1.64. The largest absolute Gasteiger partial charge is 0.394 e. The van der Waals surface area contributed by atoms with Crippen molar-refractivity contribution in [3.63, 3.8) is 0 Å². The van der Waals surface area contributed by atoms with Crippen LogP contribution in [0.25, 0.3) is 0 Å². The summed E-state index contributed by atoms with van der Waals surface area (Å²) >= 11 is 0. The van der Waals surface area contributed by atoms with Crippen LogP contribution in [0.5, 0.6) is 0 Å². The first-order chi connectivity index (χ1) is 6.13. The van der Waals surface area contributed by atoms with Gasteiger partial charge in [-0.05, 0) is 24.7 Å². The van der Waals surface area contributed by atoms with Gasteiger partial charge in [-0.15, -0.1) is 0 Å². The summed E-state index contributed by atoms with van der Waals surface area (Å²) in [5, 5.41) is 17.5. The number of aliphatic hydroxyl groups excluding tert-OH is 1. The molecule has 1 aliphatic carbocycles. The molecule has 1 fully saturated rings. The predicted octanol–water partition coefficient (Wildman–Crippen LogP) is 1.32. The third-order valence-corrected chi connectivity index (χ3v) is 2.80. The van der Waals surface area contributed by atoms with E-state index < -0.39 is 5.60 Å². The first kappa shape index (κ1) is 10.5. The van der Waals surface area contributed by atoms with E-state index in [2.05, 4.69) is 19.9 Å². The molecule has 0 aromatic heterocycles. The molecule has 74 valence electrons. The first-order valence-corrected chi connectivity index (χ1v) is 4.79. The number of hydrogen-bond donors (Lipinski definition) is 1. The molecule has 0 saturated heterocycles. The first-order valence-electron chi connectivity index (χ1n) is 4.79. The molecule has 0 atom stereocenters. The van der Waals surface area contributed by atoms with Gasteiger partial charge in [-0.1, -0.05) is 13.8 Å². The van der Waals surface area contributed by atoms with Gasteiger partial charge in [0, 0.05) is 0 Å². The fourth-order valence-electron chi connectivity index (χ4n) is 1.74. The minimum absolute atomic E-state index is 0.00419. The van der Waals surface area contributed by atoms with Crippen LogP contribution in [0.3, 0.4) is 0 Å². The molecule has 1 saturated carbocycles. The zero-order chi connectivity index (χ0) is 9.90. The van der Waals surface area contributed by atoms with E-state index in [1.54, 1.807) is 0 Å². The van der Waals surface area contributed by atoms with Gasteiger partial charge >= 0.3 is 0 Å². The third-order valence-electron chi connectivity index (χ3n) is 2.80. The molecule has 3 nitrogen and oxygen atoms in total. The monoisotopic (exact) mass is 183 g/mol. The van der Waals surface area contributed by atoms with Gasteiger partial charge in [0.15, 0.2) is 5.60 Å². The molecular formula is C10H17NO2. The van der Waals surface area contributed by atoms with Crippen molar-refractivity contribution in [3.8, 4) is 6.07 Å². The van der Waals surface area contributed by atoms with Crippen molar-refractivity contribution in [2.24, 2.45) is 11.8 Å². The fourth-order valence-corrected chi connectivity index (χ4v) is 1.74. The van der Waals surface area contributed by atoms with Crippen molar-refractivity contribution in [1.29, 1.82) is 5.26 Å². The number of nitriles is 1. The fraction of sp³-hybridized carbons (Fsp3) is 0.900. The highest BCUT2D eigenvalue weighted by molar-refractivity contribution is 5.11. The lowest BCUT2D eigenvalue weighted by Crippen LogP contribution is -2.47. The Morgan fingerprint density at radius 3 is 2.62 bits per heavy atom.